The number of ether oxygens (including phenoxy) is 2. The molecule has 1 N–H and O–H groups in total. The van der Waals surface area contributed by atoms with Gasteiger partial charge in [0.05, 0.1) is 0 Å². The van der Waals surface area contributed by atoms with Gasteiger partial charge in [0.1, 0.15) is 19.0 Å². The first-order chi connectivity index (χ1) is 11.9. The van der Waals surface area contributed by atoms with Gasteiger partial charge < -0.3 is 9.47 Å². The predicted molar refractivity (Wildman–Crippen MR) is 104 cm³/mol. The molecule has 2 aromatic carbocycles. The van der Waals surface area contributed by atoms with E-state index in [1.54, 1.807) is 11.8 Å². The van der Waals surface area contributed by atoms with Crippen molar-refractivity contribution in [2.45, 2.75) is 31.1 Å². The molecule has 0 radical (unpaired) electrons. The van der Waals surface area contributed by atoms with Gasteiger partial charge in [0, 0.05) is 10.6 Å². The Kier molecular flexibility index (Phi) is 6.76. The molecule has 4 nitrogen and oxygen atoms in total. The number of anilines is 1. The van der Waals surface area contributed by atoms with Gasteiger partial charge in [-0.3, -0.25) is 5.32 Å². The zero-order valence-corrected chi connectivity index (χ0v) is 16.0. The molecule has 0 aliphatic carbocycles. The molecule has 0 bridgehead atoms. The molecular weight excluding hydrogens is 334 g/mol. The molecule has 0 atom stereocenters. The maximum Gasteiger partial charge on any atom is 0.411 e. The highest BCUT2D eigenvalue weighted by atomic mass is 32.2. The van der Waals surface area contributed by atoms with Gasteiger partial charge in [-0.25, -0.2) is 4.79 Å². The Bertz CT molecular complexity index is 693. The second-order valence-electron chi connectivity index (χ2n) is 6.62. The van der Waals surface area contributed by atoms with E-state index in [0.717, 1.165) is 16.3 Å². The minimum absolute atomic E-state index is 0.118. The molecular formula is C20H25NO3S. The fourth-order valence-corrected chi connectivity index (χ4v) is 2.66. The lowest BCUT2D eigenvalue weighted by atomic mass is 9.87. The third-order valence-electron chi connectivity index (χ3n) is 3.62. The van der Waals surface area contributed by atoms with Crippen molar-refractivity contribution in [3.05, 3.63) is 54.1 Å². The third kappa shape index (κ3) is 6.35. The molecule has 0 aliphatic rings. The van der Waals surface area contributed by atoms with Crippen LogP contribution in [0.2, 0.25) is 0 Å². The van der Waals surface area contributed by atoms with Crippen LogP contribution in [0.4, 0.5) is 10.5 Å². The summed E-state index contributed by atoms with van der Waals surface area (Å²) in [6.07, 6.45) is 1.51. The Labute approximate surface area is 153 Å². The van der Waals surface area contributed by atoms with E-state index in [0.29, 0.717) is 6.61 Å². The molecule has 25 heavy (non-hydrogen) atoms. The summed E-state index contributed by atoms with van der Waals surface area (Å²) in [4.78, 5) is 12.9. The highest BCUT2D eigenvalue weighted by Crippen LogP contribution is 2.24. The van der Waals surface area contributed by atoms with E-state index in [9.17, 15) is 4.79 Å². The first-order valence-corrected chi connectivity index (χ1v) is 9.42. The normalized spacial score (nSPS) is 11.0. The molecule has 134 valence electrons. The zero-order chi connectivity index (χ0) is 18.3. The second kappa shape index (κ2) is 8.81. The summed E-state index contributed by atoms with van der Waals surface area (Å²) in [5.74, 6) is 0.768. The van der Waals surface area contributed by atoms with E-state index < -0.39 is 6.09 Å². The number of rotatable bonds is 6. The van der Waals surface area contributed by atoms with Gasteiger partial charge in [-0.05, 0) is 47.6 Å². The van der Waals surface area contributed by atoms with E-state index >= 15 is 0 Å². The molecule has 0 fully saturated rings. The van der Waals surface area contributed by atoms with Crippen LogP contribution in [0.3, 0.4) is 0 Å². The summed E-state index contributed by atoms with van der Waals surface area (Å²) >= 11 is 1.62. The van der Waals surface area contributed by atoms with E-state index in [-0.39, 0.29) is 12.0 Å². The van der Waals surface area contributed by atoms with Gasteiger partial charge in [0.15, 0.2) is 0 Å². The van der Waals surface area contributed by atoms with Crippen molar-refractivity contribution in [1.29, 1.82) is 0 Å². The van der Waals surface area contributed by atoms with Gasteiger partial charge >= 0.3 is 6.09 Å². The summed E-state index contributed by atoms with van der Waals surface area (Å²) < 4.78 is 10.7. The fraction of sp³-hybridized carbons (Fsp3) is 0.350. The first kappa shape index (κ1) is 19.2. The number of hydrogen-bond donors (Lipinski definition) is 1. The van der Waals surface area contributed by atoms with Crippen molar-refractivity contribution >= 4 is 23.5 Å². The number of hydrogen-bond acceptors (Lipinski definition) is 4. The Balaban J connectivity index is 1.72. The zero-order valence-electron chi connectivity index (χ0n) is 15.2. The SMILES string of the molecule is CSc1cccc(NC(=O)OCCOc2ccc(C(C)(C)C)cc2)c1. The third-order valence-corrected chi connectivity index (χ3v) is 4.35. The Morgan fingerprint density at radius 1 is 1.08 bits per heavy atom. The highest BCUT2D eigenvalue weighted by molar-refractivity contribution is 7.98. The molecule has 2 rings (SSSR count). The average molecular weight is 359 g/mol. The topological polar surface area (TPSA) is 47.6 Å². The van der Waals surface area contributed by atoms with Crippen LogP contribution in [0.1, 0.15) is 26.3 Å². The van der Waals surface area contributed by atoms with Gasteiger partial charge in [-0.2, -0.15) is 0 Å². The quantitative estimate of drug-likeness (QED) is 0.559. The average Bonchev–Trinajstić information content (AvgIpc) is 2.58. The van der Waals surface area contributed by atoms with Crippen molar-refractivity contribution < 1.29 is 14.3 Å². The van der Waals surface area contributed by atoms with Crippen LogP contribution in [-0.2, 0) is 10.2 Å². The lowest BCUT2D eigenvalue weighted by molar-refractivity contribution is 0.138. The number of benzene rings is 2. The van der Waals surface area contributed by atoms with Crippen LogP contribution in [0.15, 0.2) is 53.4 Å². The van der Waals surface area contributed by atoms with Crippen molar-refractivity contribution in [1.82, 2.24) is 0 Å². The smallest absolute Gasteiger partial charge is 0.411 e. The molecule has 0 saturated heterocycles. The predicted octanol–water partition coefficient (Wildman–Crippen LogP) is 5.33. The Morgan fingerprint density at radius 2 is 1.80 bits per heavy atom. The molecule has 0 saturated carbocycles. The minimum atomic E-state index is -0.482. The van der Waals surface area contributed by atoms with Crippen LogP contribution in [0.25, 0.3) is 0 Å². The van der Waals surface area contributed by atoms with Crippen LogP contribution in [0, 0.1) is 0 Å². The van der Waals surface area contributed by atoms with E-state index in [4.69, 9.17) is 9.47 Å². The highest BCUT2D eigenvalue weighted by Gasteiger charge is 2.13. The number of carbonyl (C=O) groups is 1. The molecule has 0 heterocycles. The number of carbonyl (C=O) groups excluding carboxylic acids is 1. The standard InChI is InChI=1S/C20H25NO3S/c1-20(2,3)15-8-10-17(11-9-15)23-12-13-24-19(22)21-16-6-5-7-18(14-16)25-4/h5-11,14H,12-13H2,1-4H3,(H,21,22). The number of thioether (sulfide) groups is 1. The van der Waals surface area contributed by atoms with Crippen LogP contribution >= 0.6 is 11.8 Å². The summed E-state index contributed by atoms with van der Waals surface area (Å²) in [7, 11) is 0. The van der Waals surface area contributed by atoms with Gasteiger partial charge in [0.2, 0.25) is 0 Å². The molecule has 0 aliphatic heterocycles. The van der Waals surface area contributed by atoms with Crippen LogP contribution in [0.5, 0.6) is 5.75 Å². The maximum atomic E-state index is 11.8. The van der Waals surface area contributed by atoms with Crippen molar-refractivity contribution in [2.75, 3.05) is 24.8 Å². The van der Waals surface area contributed by atoms with Crippen LogP contribution < -0.4 is 10.1 Å². The van der Waals surface area contributed by atoms with Gasteiger partial charge in [0.25, 0.3) is 0 Å². The van der Waals surface area contributed by atoms with Gasteiger partial charge in [-0.1, -0.05) is 39.0 Å². The lowest BCUT2D eigenvalue weighted by Gasteiger charge is -2.19. The molecule has 1 amide bonds. The number of nitrogens with one attached hydrogen (secondary N) is 1. The maximum absolute atomic E-state index is 11.8. The summed E-state index contributed by atoms with van der Waals surface area (Å²) in [6, 6.07) is 15.6. The second-order valence-corrected chi connectivity index (χ2v) is 7.50. The van der Waals surface area contributed by atoms with Crippen molar-refractivity contribution in [3.8, 4) is 5.75 Å². The first-order valence-electron chi connectivity index (χ1n) is 8.19. The van der Waals surface area contributed by atoms with Crippen molar-refractivity contribution in [3.63, 3.8) is 0 Å². The summed E-state index contributed by atoms with van der Waals surface area (Å²) in [5, 5.41) is 2.71. The minimum Gasteiger partial charge on any atom is -0.490 e. The monoisotopic (exact) mass is 359 g/mol. The van der Waals surface area contributed by atoms with Gasteiger partial charge in [-0.15, -0.1) is 11.8 Å². The molecule has 5 heteroatoms. The Morgan fingerprint density at radius 3 is 2.44 bits per heavy atom. The lowest BCUT2D eigenvalue weighted by Crippen LogP contribution is -2.17. The van der Waals surface area contributed by atoms with E-state index in [1.165, 1.54) is 5.56 Å². The summed E-state index contributed by atoms with van der Waals surface area (Å²) in [6.45, 7) is 7.01. The number of amides is 1. The molecule has 0 aromatic heterocycles. The summed E-state index contributed by atoms with van der Waals surface area (Å²) in [5.41, 5.74) is 2.09. The fourth-order valence-electron chi connectivity index (χ4n) is 2.20. The molecule has 0 unspecified atom stereocenters. The largest absolute Gasteiger partial charge is 0.490 e. The van der Waals surface area contributed by atoms with E-state index in [2.05, 4.69) is 38.2 Å². The molecule has 0 spiro atoms. The molecule has 2 aromatic rings. The van der Waals surface area contributed by atoms with E-state index in [1.807, 2.05) is 42.7 Å². The van der Waals surface area contributed by atoms with Crippen molar-refractivity contribution in [2.24, 2.45) is 0 Å². The Hall–Kier alpha value is -2.14. The van der Waals surface area contributed by atoms with Crippen LogP contribution in [-0.4, -0.2) is 25.6 Å².